The van der Waals surface area contributed by atoms with E-state index in [1.165, 1.54) is 244 Å². The van der Waals surface area contributed by atoms with Crippen molar-refractivity contribution in [1.82, 2.24) is 0 Å². The molecule has 0 spiro atoms. The molecule has 0 aliphatic rings. The summed E-state index contributed by atoms with van der Waals surface area (Å²) in [6, 6.07) is 0. The molecule has 0 fully saturated rings. The van der Waals surface area contributed by atoms with Gasteiger partial charge in [0.25, 0.3) is 0 Å². The van der Waals surface area contributed by atoms with Crippen LogP contribution in [0.15, 0.2) is 0 Å². The molecule has 0 aromatic carbocycles. The molecule has 0 unspecified atom stereocenters. The first-order valence-corrected chi connectivity index (χ1v) is 27.6. The third-order valence-corrected chi connectivity index (χ3v) is 17.5. The van der Waals surface area contributed by atoms with Crippen molar-refractivity contribution in [3.8, 4) is 0 Å². The lowest BCUT2D eigenvalue weighted by Crippen LogP contribution is -3.00. The Kier molecular flexibility index (Phi) is 50.8. The minimum atomic E-state index is -0.770. The average Bonchev–Trinajstić information content (AvgIpc) is 3.14. The standard InChI is InChI=1S/C50H104P.BrH/c1-5-9-13-17-19-21-23-25-27-29-31-33-35-37-41-45-49-51(47-43-39-15-11-7-3,48-44-40-16-12-8-4)50-46-42-38-36-34-32-30-28-26-24-22-20-18-14-10-6-2;/h5-50H2,1-4H3;1H/q+1;/p-1. The molecule has 0 rings (SSSR count). The summed E-state index contributed by atoms with van der Waals surface area (Å²) in [5.41, 5.74) is 0. The van der Waals surface area contributed by atoms with Gasteiger partial charge in [-0.1, -0.05) is 246 Å². The SMILES string of the molecule is CCCCCCCCCCCCCCCCCC[P+](CCCCCCC)(CCCCCCC)CCCCCCCCCCCCCCCCCC.[Br-]. The van der Waals surface area contributed by atoms with Crippen molar-refractivity contribution in [3.63, 3.8) is 0 Å². The Hall–Kier alpha value is 0.910. The maximum absolute atomic E-state index is 2.38. The van der Waals surface area contributed by atoms with Gasteiger partial charge < -0.3 is 17.0 Å². The van der Waals surface area contributed by atoms with Crippen LogP contribution in [0.2, 0.25) is 0 Å². The van der Waals surface area contributed by atoms with Gasteiger partial charge in [-0.05, 0) is 51.4 Å². The Morgan fingerprint density at radius 2 is 0.288 bits per heavy atom. The molecule has 0 aliphatic carbocycles. The van der Waals surface area contributed by atoms with E-state index in [-0.39, 0.29) is 17.0 Å². The lowest BCUT2D eigenvalue weighted by molar-refractivity contribution is -0.0000115. The van der Waals surface area contributed by atoms with Crippen LogP contribution in [0.4, 0.5) is 0 Å². The van der Waals surface area contributed by atoms with Gasteiger partial charge in [-0.15, -0.1) is 0 Å². The number of unbranched alkanes of at least 4 members (excludes halogenated alkanes) is 38. The molecule has 316 valence electrons. The molecule has 0 nitrogen and oxygen atoms in total. The molecular weight excluding hydrogens is 711 g/mol. The van der Waals surface area contributed by atoms with Crippen LogP contribution in [-0.4, -0.2) is 24.6 Å². The maximum atomic E-state index is 2.38. The Morgan fingerprint density at radius 3 is 0.423 bits per heavy atom. The molecule has 52 heavy (non-hydrogen) atoms. The van der Waals surface area contributed by atoms with E-state index in [1.807, 2.05) is 0 Å². The smallest absolute Gasteiger partial charge is 0.0594 e. The van der Waals surface area contributed by atoms with Crippen LogP contribution < -0.4 is 17.0 Å². The third-order valence-electron chi connectivity index (χ3n) is 12.4. The Bertz CT molecular complexity index is 553. The highest BCUT2D eigenvalue weighted by Gasteiger charge is 2.35. The molecule has 0 heterocycles. The highest BCUT2D eigenvalue weighted by molar-refractivity contribution is 7.75. The van der Waals surface area contributed by atoms with Gasteiger partial charge in [0.15, 0.2) is 0 Å². The molecule has 0 atom stereocenters. The highest BCUT2D eigenvalue weighted by atomic mass is 79.9. The van der Waals surface area contributed by atoms with Gasteiger partial charge >= 0.3 is 0 Å². The summed E-state index contributed by atoms with van der Waals surface area (Å²) < 4.78 is 0. The van der Waals surface area contributed by atoms with Gasteiger partial charge in [-0.2, -0.15) is 0 Å². The molecule has 0 radical (unpaired) electrons. The van der Waals surface area contributed by atoms with Crippen LogP contribution in [-0.2, 0) is 0 Å². The summed E-state index contributed by atoms with van der Waals surface area (Å²) in [6.45, 7) is 9.40. The van der Waals surface area contributed by atoms with Gasteiger partial charge in [0, 0.05) is 7.26 Å². The number of halogens is 1. The largest absolute Gasteiger partial charge is 1.00 e. The van der Waals surface area contributed by atoms with E-state index in [4.69, 9.17) is 0 Å². The van der Waals surface area contributed by atoms with Crippen LogP contribution in [0.25, 0.3) is 0 Å². The molecule has 0 saturated carbocycles. The van der Waals surface area contributed by atoms with Crippen LogP contribution in [0.3, 0.4) is 0 Å². The molecule has 0 N–H and O–H groups in total. The van der Waals surface area contributed by atoms with E-state index in [9.17, 15) is 0 Å². The van der Waals surface area contributed by atoms with Crippen molar-refractivity contribution >= 4 is 7.26 Å². The molecular formula is C50H104BrP. The number of rotatable bonds is 46. The Balaban J connectivity index is 0. The second-order valence-electron chi connectivity index (χ2n) is 17.7. The van der Waals surface area contributed by atoms with Crippen LogP contribution in [0, 0.1) is 0 Å². The summed E-state index contributed by atoms with van der Waals surface area (Å²) in [4.78, 5) is 0. The zero-order chi connectivity index (χ0) is 37.0. The van der Waals surface area contributed by atoms with Crippen molar-refractivity contribution in [3.05, 3.63) is 0 Å². The third kappa shape index (κ3) is 42.1. The van der Waals surface area contributed by atoms with Crippen molar-refractivity contribution in [2.45, 2.75) is 297 Å². The van der Waals surface area contributed by atoms with E-state index < -0.39 is 7.26 Å². The minimum absolute atomic E-state index is 0. The van der Waals surface area contributed by atoms with Crippen molar-refractivity contribution < 1.29 is 17.0 Å². The topological polar surface area (TPSA) is 0 Å². The van der Waals surface area contributed by atoms with Crippen LogP contribution >= 0.6 is 7.26 Å². The van der Waals surface area contributed by atoms with Crippen molar-refractivity contribution in [2.24, 2.45) is 0 Å². The van der Waals surface area contributed by atoms with E-state index in [0.29, 0.717) is 0 Å². The molecule has 0 amide bonds. The fourth-order valence-electron chi connectivity index (χ4n) is 8.76. The zero-order valence-electron chi connectivity index (χ0n) is 37.4. The first-order valence-electron chi connectivity index (χ1n) is 25.1. The number of hydrogen-bond acceptors (Lipinski definition) is 0. The van der Waals surface area contributed by atoms with Gasteiger partial charge in [0.1, 0.15) is 0 Å². The quantitative estimate of drug-likeness (QED) is 0.0424. The molecule has 0 bridgehead atoms. The second-order valence-corrected chi connectivity index (χ2v) is 22.1. The van der Waals surface area contributed by atoms with E-state index in [1.54, 1.807) is 50.3 Å². The van der Waals surface area contributed by atoms with Gasteiger partial charge in [0.2, 0.25) is 0 Å². The second kappa shape index (κ2) is 48.1. The van der Waals surface area contributed by atoms with E-state index in [0.717, 1.165) is 0 Å². The van der Waals surface area contributed by atoms with Gasteiger partial charge in [-0.3, -0.25) is 0 Å². The summed E-state index contributed by atoms with van der Waals surface area (Å²) in [5.74, 6) is 0. The minimum Gasteiger partial charge on any atom is -1.00 e. The summed E-state index contributed by atoms with van der Waals surface area (Å²) in [7, 11) is -0.770. The van der Waals surface area contributed by atoms with Crippen LogP contribution in [0.5, 0.6) is 0 Å². The summed E-state index contributed by atoms with van der Waals surface area (Å²) in [5, 5.41) is 0. The lowest BCUT2D eigenvalue weighted by atomic mass is 10.0. The Morgan fingerprint density at radius 1 is 0.173 bits per heavy atom. The molecule has 0 saturated heterocycles. The van der Waals surface area contributed by atoms with Crippen LogP contribution in [0.1, 0.15) is 297 Å². The molecule has 2 heteroatoms. The molecule has 0 aliphatic heterocycles. The predicted molar refractivity (Wildman–Crippen MR) is 243 cm³/mol. The monoisotopic (exact) mass is 815 g/mol. The first kappa shape index (κ1) is 55.0. The first-order chi connectivity index (χ1) is 25.2. The fraction of sp³-hybridized carbons (Fsp3) is 1.00. The van der Waals surface area contributed by atoms with Gasteiger partial charge in [0.05, 0.1) is 24.6 Å². The van der Waals surface area contributed by atoms with Crippen molar-refractivity contribution in [1.29, 1.82) is 0 Å². The highest BCUT2D eigenvalue weighted by Crippen LogP contribution is 2.61. The van der Waals surface area contributed by atoms with E-state index >= 15 is 0 Å². The lowest BCUT2D eigenvalue weighted by Gasteiger charge is -2.28. The van der Waals surface area contributed by atoms with Gasteiger partial charge in [-0.25, -0.2) is 0 Å². The van der Waals surface area contributed by atoms with Crippen molar-refractivity contribution in [2.75, 3.05) is 24.6 Å². The summed E-state index contributed by atoms with van der Waals surface area (Å²) in [6.07, 6.45) is 69.2. The van der Waals surface area contributed by atoms with E-state index in [2.05, 4.69) is 27.7 Å². The Labute approximate surface area is 344 Å². The fourth-order valence-corrected chi connectivity index (χ4v) is 13.7. The predicted octanol–water partition coefficient (Wildman–Crippen LogP) is 16.5. The zero-order valence-corrected chi connectivity index (χ0v) is 39.8. The molecule has 0 aromatic heterocycles. The number of hydrogen-bond donors (Lipinski definition) is 0. The molecule has 0 aromatic rings. The maximum Gasteiger partial charge on any atom is 0.0594 e. The summed E-state index contributed by atoms with van der Waals surface area (Å²) >= 11 is 0. The average molecular weight is 816 g/mol. The normalized spacial score (nSPS) is 11.8.